The molecule has 2 aliphatic rings. The predicted molar refractivity (Wildman–Crippen MR) is 84.6 cm³/mol. The predicted octanol–water partition coefficient (Wildman–Crippen LogP) is 1.05. The molecule has 6 nitrogen and oxygen atoms in total. The Balaban J connectivity index is 2.17. The average Bonchev–Trinajstić information content (AvgIpc) is 2.90. The molecule has 1 aliphatic heterocycles. The maximum atomic E-state index is 12.6. The maximum Gasteiger partial charge on any atom is 0.270 e. The second-order valence-corrected chi connectivity index (χ2v) is 6.18. The summed E-state index contributed by atoms with van der Waals surface area (Å²) in [5.74, 6) is -0.131. The molecule has 2 atom stereocenters. The van der Waals surface area contributed by atoms with Crippen LogP contribution >= 0.6 is 0 Å². The lowest BCUT2D eigenvalue weighted by Gasteiger charge is -2.35. The lowest BCUT2D eigenvalue weighted by Crippen LogP contribution is -2.49. The van der Waals surface area contributed by atoms with Crippen LogP contribution in [0.5, 0.6) is 0 Å². The molecule has 0 aromatic rings. The molecular formula is C16H25N3O3. The number of ether oxygens (including phenoxy) is 1. The summed E-state index contributed by atoms with van der Waals surface area (Å²) in [6, 6.07) is 0. The Morgan fingerprint density at radius 2 is 1.91 bits per heavy atom. The van der Waals surface area contributed by atoms with Crippen LogP contribution in [0.1, 0.15) is 40.0 Å². The van der Waals surface area contributed by atoms with E-state index in [1.54, 1.807) is 4.90 Å². The topological polar surface area (TPSA) is 85.0 Å². The number of rotatable bonds is 3. The van der Waals surface area contributed by atoms with Gasteiger partial charge in [0.2, 0.25) is 0 Å². The number of Topliss-reactive ketones (excluding diaryl/α,β-unsaturated/α-hetero) is 1. The van der Waals surface area contributed by atoms with Crippen LogP contribution in [0.4, 0.5) is 0 Å². The molecule has 0 aromatic heterocycles. The Hall–Kier alpha value is -1.69. The third kappa shape index (κ3) is 3.94. The highest BCUT2D eigenvalue weighted by Crippen LogP contribution is 2.25. The first kappa shape index (κ1) is 16.7. The minimum absolute atomic E-state index is 0.0134. The molecule has 1 heterocycles. The molecule has 1 aliphatic carbocycles. The van der Waals surface area contributed by atoms with Gasteiger partial charge in [0.1, 0.15) is 5.70 Å². The fourth-order valence-corrected chi connectivity index (χ4v) is 3.04. The molecule has 1 saturated carbocycles. The lowest BCUT2D eigenvalue weighted by atomic mass is 10.1. The highest BCUT2D eigenvalue weighted by Gasteiger charge is 2.29. The smallest absolute Gasteiger partial charge is 0.270 e. The highest BCUT2D eigenvalue weighted by atomic mass is 16.5. The minimum atomic E-state index is -0.144. The van der Waals surface area contributed by atoms with Crippen molar-refractivity contribution in [2.45, 2.75) is 52.2 Å². The molecule has 0 bridgehead atoms. The molecule has 0 unspecified atom stereocenters. The summed E-state index contributed by atoms with van der Waals surface area (Å²) in [6.07, 6.45) is 2.49. The van der Waals surface area contributed by atoms with Gasteiger partial charge in [-0.15, -0.1) is 0 Å². The van der Waals surface area contributed by atoms with E-state index in [2.05, 4.69) is 4.99 Å². The number of nitrogens with two attached hydrogens (primary N) is 1. The number of amides is 1. The van der Waals surface area contributed by atoms with E-state index in [-0.39, 0.29) is 36.1 Å². The van der Waals surface area contributed by atoms with Crippen molar-refractivity contribution in [3.8, 4) is 0 Å². The molecular weight excluding hydrogens is 282 g/mol. The molecule has 1 saturated heterocycles. The van der Waals surface area contributed by atoms with Crippen molar-refractivity contribution >= 4 is 17.4 Å². The van der Waals surface area contributed by atoms with Gasteiger partial charge in [0, 0.05) is 24.4 Å². The van der Waals surface area contributed by atoms with Gasteiger partial charge >= 0.3 is 0 Å². The molecule has 1 amide bonds. The molecule has 2 fully saturated rings. The number of hydrogen-bond acceptors (Lipinski definition) is 5. The normalized spacial score (nSPS) is 29.8. The van der Waals surface area contributed by atoms with E-state index in [0.717, 1.165) is 30.5 Å². The lowest BCUT2D eigenvalue weighted by molar-refractivity contribution is -0.139. The largest absolute Gasteiger partial charge is 0.394 e. The van der Waals surface area contributed by atoms with Crippen molar-refractivity contribution in [2.75, 3.05) is 19.6 Å². The number of allylic oxidation sites excluding steroid dienone is 1. The van der Waals surface area contributed by atoms with Crippen molar-refractivity contribution in [3.05, 3.63) is 11.3 Å². The van der Waals surface area contributed by atoms with E-state index in [4.69, 9.17) is 10.5 Å². The summed E-state index contributed by atoms with van der Waals surface area (Å²) >= 11 is 0. The fraction of sp³-hybridized carbons (Fsp3) is 0.688. The standard InChI is InChI=1S/C16H25N3O3/c1-10(20)7-18-14-6-4-5-13(14)15(17)16(21)19-8-11(2)22-12(3)9-19/h11-12H,4-9,17H2,1-3H3/b15-13-,18-14?/t11-,12+. The van der Waals surface area contributed by atoms with Crippen molar-refractivity contribution < 1.29 is 14.3 Å². The third-order valence-corrected chi connectivity index (χ3v) is 3.94. The number of aliphatic imine (C=N–C) groups is 1. The van der Waals surface area contributed by atoms with Crippen molar-refractivity contribution in [2.24, 2.45) is 10.7 Å². The molecule has 2 rings (SSSR count). The monoisotopic (exact) mass is 307 g/mol. The Bertz CT molecular complexity index is 515. The molecule has 2 N–H and O–H groups in total. The van der Waals surface area contributed by atoms with Crippen LogP contribution in [0.25, 0.3) is 0 Å². The van der Waals surface area contributed by atoms with Gasteiger partial charge < -0.3 is 15.4 Å². The fourth-order valence-electron chi connectivity index (χ4n) is 3.04. The zero-order chi connectivity index (χ0) is 16.3. The zero-order valence-corrected chi connectivity index (χ0v) is 13.6. The number of nitrogens with zero attached hydrogens (tertiary/aromatic N) is 2. The molecule has 0 radical (unpaired) electrons. The van der Waals surface area contributed by atoms with E-state index >= 15 is 0 Å². The van der Waals surface area contributed by atoms with Gasteiger partial charge in [0.05, 0.1) is 18.8 Å². The quantitative estimate of drug-likeness (QED) is 0.790. The SMILES string of the molecule is CC(=O)CN=C1CCC/C1=C(/N)C(=O)N1C[C@@H](C)O[C@@H](C)C1. The third-order valence-electron chi connectivity index (χ3n) is 3.94. The van der Waals surface area contributed by atoms with E-state index in [1.807, 2.05) is 13.8 Å². The number of morpholine rings is 1. The van der Waals surface area contributed by atoms with Gasteiger partial charge in [-0.25, -0.2) is 0 Å². The number of hydrogen-bond donors (Lipinski definition) is 1. The second-order valence-electron chi connectivity index (χ2n) is 6.18. The number of carbonyl (C=O) groups excluding carboxylic acids is 2. The summed E-state index contributed by atoms with van der Waals surface area (Å²) in [6.45, 7) is 6.68. The van der Waals surface area contributed by atoms with Crippen LogP contribution in [-0.4, -0.2) is 54.1 Å². The minimum Gasteiger partial charge on any atom is -0.394 e. The van der Waals surface area contributed by atoms with E-state index in [9.17, 15) is 9.59 Å². The van der Waals surface area contributed by atoms with E-state index in [1.165, 1.54) is 6.92 Å². The molecule has 0 spiro atoms. The van der Waals surface area contributed by atoms with Crippen molar-refractivity contribution in [1.29, 1.82) is 0 Å². The van der Waals surface area contributed by atoms with Gasteiger partial charge in [0.25, 0.3) is 5.91 Å². The summed E-state index contributed by atoms with van der Waals surface area (Å²) in [5, 5.41) is 0. The van der Waals surface area contributed by atoms with Gasteiger partial charge in [-0.2, -0.15) is 0 Å². The summed E-state index contributed by atoms with van der Waals surface area (Å²) in [4.78, 5) is 29.8. The van der Waals surface area contributed by atoms with Gasteiger partial charge in [0.15, 0.2) is 5.78 Å². The van der Waals surface area contributed by atoms with Gasteiger partial charge in [-0.05, 0) is 40.0 Å². The Kier molecular flexibility index (Phi) is 5.34. The Morgan fingerprint density at radius 3 is 2.50 bits per heavy atom. The first-order valence-electron chi connectivity index (χ1n) is 7.85. The van der Waals surface area contributed by atoms with Crippen molar-refractivity contribution in [3.63, 3.8) is 0 Å². The summed E-state index contributed by atoms with van der Waals surface area (Å²) < 4.78 is 5.65. The number of ketones is 1. The average molecular weight is 307 g/mol. The van der Waals surface area contributed by atoms with Gasteiger partial charge in [-0.1, -0.05) is 0 Å². The van der Waals surface area contributed by atoms with Crippen LogP contribution in [0.2, 0.25) is 0 Å². The number of carbonyl (C=O) groups is 2. The Morgan fingerprint density at radius 1 is 1.27 bits per heavy atom. The molecule has 0 aromatic carbocycles. The van der Waals surface area contributed by atoms with E-state index in [0.29, 0.717) is 13.1 Å². The van der Waals surface area contributed by atoms with Gasteiger partial charge in [-0.3, -0.25) is 14.6 Å². The highest BCUT2D eigenvalue weighted by molar-refractivity contribution is 6.09. The van der Waals surface area contributed by atoms with Crippen molar-refractivity contribution in [1.82, 2.24) is 4.90 Å². The first-order valence-corrected chi connectivity index (χ1v) is 7.85. The van der Waals surface area contributed by atoms with Crippen LogP contribution in [0, 0.1) is 0 Å². The first-order chi connectivity index (χ1) is 10.4. The van der Waals surface area contributed by atoms with Crippen LogP contribution in [-0.2, 0) is 14.3 Å². The Labute approximate surface area is 131 Å². The zero-order valence-electron chi connectivity index (χ0n) is 13.6. The molecule has 22 heavy (non-hydrogen) atoms. The van der Waals surface area contributed by atoms with E-state index < -0.39 is 0 Å². The maximum absolute atomic E-state index is 12.6. The summed E-state index contributed by atoms with van der Waals surface area (Å²) in [5.41, 5.74) is 8.03. The molecule has 122 valence electrons. The summed E-state index contributed by atoms with van der Waals surface area (Å²) in [7, 11) is 0. The van der Waals surface area contributed by atoms with Crippen LogP contribution in [0.3, 0.4) is 0 Å². The van der Waals surface area contributed by atoms with Crippen LogP contribution < -0.4 is 5.73 Å². The molecule has 6 heteroatoms. The second kappa shape index (κ2) is 7.05. The van der Waals surface area contributed by atoms with Crippen LogP contribution in [0.15, 0.2) is 16.3 Å².